The van der Waals surface area contributed by atoms with Gasteiger partial charge in [0.05, 0.1) is 12.7 Å². The van der Waals surface area contributed by atoms with Crippen LogP contribution >= 0.6 is 11.3 Å². The average molecular weight is 340 g/mol. The molecule has 5 heteroatoms. The number of carbonyl (C=O) groups is 2. The van der Waals surface area contributed by atoms with E-state index in [1.807, 2.05) is 34.6 Å². The van der Waals surface area contributed by atoms with Gasteiger partial charge in [0.15, 0.2) is 0 Å². The van der Waals surface area contributed by atoms with Crippen LogP contribution in [0.3, 0.4) is 0 Å². The Kier molecular flexibility index (Phi) is 10.2. The van der Waals surface area contributed by atoms with Crippen LogP contribution in [0.2, 0.25) is 0 Å². The molecule has 0 aliphatic carbocycles. The summed E-state index contributed by atoms with van der Waals surface area (Å²) in [5, 5.41) is 3.38. The van der Waals surface area contributed by atoms with E-state index in [-0.39, 0.29) is 5.91 Å². The minimum absolute atomic E-state index is 0.199. The van der Waals surface area contributed by atoms with Gasteiger partial charge in [-0.1, -0.05) is 39.7 Å². The number of anilines is 1. The molecule has 0 aliphatic rings. The van der Waals surface area contributed by atoms with Gasteiger partial charge in [0.2, 0.25) is 5.91 Å². The van der Waals surface area contributed by atoms with Crippen LogP contribution in [0.15, 0.2) is 11.6 Å². The zero-order valence-corrected chi connectivity index (χ0v) is 16.1. The molecule has 0 radical (unpaired) electrons. The summed E-state index contributed by atoms with van der Waals surface area (Å²) in [7, 11) is 1.35. The van der Waals surface area contributed by atoms with Gasteiger partial charge in [0.25, 0.3) is 0 Å². The first kappa shape index (κ1) is 21.4. The third-order valence-corrected chi connectivity index (χ3v) is 4.27. The number of aryl methyl sites for hydroxylation is 1. The Hall–Kier alpha value is -1.62. The van der Waals surface area contributed by atoms with Crippen molar-refractivity contribution < 1.29 is 14.3 Å². The molecule has 0 fully saturated rings. The Bertz CT molecular complexity index is 559. The largest absolute Gasteiger partial charge is 0.465 e. The van der Waals surface area contributed by atoms with Crippen LogP contribution in [-0.4, -0.2) is 19.0 Å². The summed E-state index contributed by atoms with van der Waals surface area (Å²) >= 11 is 1.42. The van der Waals surface area contributed by atoms with Gasteiger partial charge >= 0.3 is 5.97 Å². The molecule has 130 valence electrons. The number of nitrogens with one attached hydrogen (secondary N) is 1. The van der Waals surface area contributed by atoms with Crippen molar-refractivity contribution in [2.75, 3.05) is 12.4 Å². The van der Waals surface area contributed by atoms with Gasteiger partial charge in [-0.3, -0.25) is 4.79 Å². The second-order valence-corrected chi connectivity index (χ2v) is 6.14. The van der Waals surface area contributed by atoms with Crippen LogP contribution in [0.25, 0.3) is 0 Å². The van der Waals surface area contributed by atoms with Gasteiger partial charge in [-0.25, -0.2) is 4.79 Å². The van der Waals surface area contributed by atoms with E-state index < -0.39 is 5.97 Å². The number of hydrogen-bond donors (Lipinski definition) is 1. The van der Waals surface area contributed by atoms with Crippen molar-refractivity contribution >= 4 is 28.2 Å². The van der Waals surface area contributed by atoms with E-state index in [0.717, 1.165) is 35.3 Å². The first-order valence-electron chi connectivity index (χ1n) is 8.13. The van der Waals surface area contributed by atoms with Crippen molar-refractivity contribution in [2.24, 2.45) is 0 Å². The van der Waals surface area contributed by atoms with E-state index >= 15 is 0 Å². The summed E-state index contributed by atoms with van der Waals surface area (Å²) in [6.45, 7) is 11.9. The highest BCUT2D eigenvalue weighted by Crippen LogP contribution is 2.34. The van der Waals surface area contributed by atoms with Crippen molar-refractivity contribution in [3.05, 3.63) is 27.7 Å². The molecule has 0 bridgehead atoms. The third-order valence-electron chi connectivity index (χ3n) is 3.21. The molecule has 1 rings (SSSR count). The minimum atomic E-state index is -0.402. The van der Waals surface area contributed by atoms with E-state index in [1.54, 1.807) is 6.08 Å². The lowest BCUT2D eigenvalue weighted by molar-refractivity contribution is -0.111. The van der Waals surface area contributed by atoms with Crippen LogP contribution in [0, 0.1) is 6.92 Å². The van der Waals surface area contributed by atoms with Crippen molar-refractivity contribution in [1.29, 1.82) is 0 Å². The monoisotopic (exact) mass is 339 g/mol. The number of ether oxygens (including phenoxy) is 1. The number of allylic oxidation sites excluding steroid dienone is 1. The Morgan fingerprint density at radius 3 is 2.35 bits per heavy atom. The van der Waals surface area contributed by atoms with Crippen LogP contribution in [0.1, 0.15) is 68.3 Å². The maximum atomic E-state index is 12.0. The molecular weight excluding hydrogens is 310 g/mol. The molecule has 1 aromatic heterocycles. The summed E-state index contributed by atoms with van der Waals surface area (Å²) in [6.07, 6.45) is 4.21. The molecule has 23 heavy (non-hydrogen) atoms. The fourth-order valence-electron chi connectivity index (χ4n) is 2.25. The van der Waals surface area contributed by atoms with Crippen LogP contribution in [-0.2, 0) is 16.0 Å². The van der Waals surface area contributed by atoms with Crippen LogP contribution < -0.4 is 5.32 Å². The summed E-state index contributed by atoms with van der Waals surface area (Å²) in [5.41, 5.74) is 2.45. The molecule has 1 N–H and O–H groups in total. The molecular formula is C18H29NO3S. The van der Waals surface area contributed by atoms with E-state index in [1.165, 1.54) is 18.4 Å². The average Bonchev–Trinajstić information content (AvgIpc) is 2.83. The van der Waals surface area contributed by atoms with Crippen LogP contribution in [0.5, 0.6) is 0 Å². The van der Waals surface area contributed by atoms with E-state index in [2.05, 4.69) is 12.2 Å². The number of amides is 1. The van der Waals surface area contributed by atoms with Crippen LogP contribution in [0.4, 0.5) is 5.00 Å². The predicted molar refractivity (Wildman–Crippen MR) is 98.4 cm³/mol. The summed E-state index contributed by atoms with van der Waals surface area (Å²) in [4.78, 5) is 25.0. The van der Waals surface area contributed by atoms with Gasteiger partial charge < -0.3 is 10.1 Å². The van der Waals surface area contributed by atoms with Gasteiger partial charge in [-0.05, 0) is 32.3 Å². The SMILES string of the molecule is CC.CCC/C(C)=C/C(=O)Nc1sc(C)c(CC)c1C(=O)OC. The lowest BCUT2D eigenvalue weighted by atomic mass is 10.1. The van der Waals surface area contributed by atoms with Gasteiger partial charge in [-0.15, -0.1) is 11.3 Å². The van der Waals surface area contributed by atoms with E-state index in [9.17, 15) is 9.59 Å². The molecule has 0 saturated heterocycles. The number of carbonyl (C=O) groups excluding carboxylic acids is 2. The molecule has 0 saturated carbocycles. The maximum absolute atomic E-state index is 12.0. The number of esters is 1. The Morgan fingerprint density at radius 2 is 1.87 bits per heavy atom. The van der Waals surface area contributed by atoms with E-state index in [0.29, 0.717) is 10.6 Å². The first-order valence-corrected chi connectivity index (χ1v) is 8.94. The number of hydrogen-bond acceptors (Lipinski definition) is 4. The second-order valence-electron chi connectivity index (χ2n) is 4.92. The molecule has 1 amide bonds. The Labute approximate surface area is 143 Å². The molecule has 0 atom stereocenters. The third kappa shape index (κ3) is 6.18. The van der Waals surface area contributed by atoms with Crippen molar-refractivity contribution in [2.45, 2.75) is 60.8 Å². The Balaban J connectivity index is 0.00000232. The van der Waals surface area contributed by atoms with Crippen molar-refractivity contribution in [1.82, 2.24) is 0 Å². The topological polar surface area (TPSA) is 55.4 Å². The Morgan fingerprint density at radius 1 is 1.26 bits per heavy atom. The quantitative estimate of drug-likeness (QED) is 0.578. The summed E-state index contributed by atoms with van der Waals surface area (Å²) in [6, 6.07) is 0. The lowest BCUT2D eigenvalue weighted by Crippen LogP contribution is -2.12. The molecule has 0 aromatic carbocycles. The zero-order chi connectivity index (χ0) is 18.0. The van der Waals surface area contributed by atoms with E-state index in [4.69, 9.17) is 4.74 Å². The molecule has 4 nitrogen and oxygen atoms in total. The van der Waals surface area contributed by atoms with Gasteiger partial charge in [-0.2, -0.15) is 0 Å². The smallest absolute Gasteiger partial charge is 0.341 e. The molecule has 1 heterocycles. The molecule has 0 spiro atoms. The highest BCUT2D eigenvalue weighted by molar-refractivity contribution is 7.16. The fourth-order valence-corrected chi connectivity index (χ4v) is 3.38. The van der Waals surface area contributed by atoms with Gasteiger partial charge in [0.1, 0.15) is 5.00 Å². The predicted octanol–water partition coefficient (Wildman–Crippen LogP) is 5.12. The van der Waals surface area contributed by atoms with Crippen molar-refractivity contribution in [3.8, 4) is 0 Å². The van der Waals surface area contributed by atoms with Crippen molar-refractivity contribution in [3.63, 3.8) is 0 Å². The number of rotatable bonds is 6. The highest BCUT2D eigenvalue weighted by atomic mass is 32.1. The molecule has 0 aliphatic heterocycles. The first-order chi connectivity index (χ1) is 10.9. The normalized spacial score (nSPS) is 10.7. The fraction of sp³-hybridized carbons (Fsp3) is 0.556. The second kappa shape index (κ2) is 11.0. The molecule has 0 unspecified atom stereocenters. The number of thiophene rings is 1. The standard InChI is InChI=1S/C16H23NO3S.C2H6/c1-6-8-10(3)9-13(18)17-15-14(16(19)20-5)12(7-2)11(4)21-15;1-2/h9H,6-8H2,1-5H3,(H,17,18);1-2H3/b10-9+;. The lowest BCUT2D eigenvalue weighted by Gasteiger charge is -2.06. The summed E-state index contributed by atoms with van der Waals surface area (Å²) < 4.78 is 4.84. The zero-order valence-electron chi connectivity index (χ0n) is 15.3. The highest BCUT2D eigenvalue weighted by Gasteiger charge is 2.22. The van der Waals surface area contributed by atoms with Gasteiger partial charge in [0, 0.05) is 11.0 Å². The minimum Gasteiger partial charge on any atom is -0.465 e. The summed E-state index contributed by atoms with van der Waals surface area (Å²) in [5.74, 6) is -0.601. The maximum Gasteiger partial charge on any atom is 0.341 e. The number of methoxy groups -OCH3 is 1. The molecule has 1 aromatic rings.